The Hall–Kier alpha value is -2.89. The molecule has 0 aromatic heterocycles. The van der Waals surface area contributed by atoms with E-state index in [1.165, 1.54) is 109 Å². The van der Waals surface area contributed by atoms with Gasteiger partial charge in [0.2, 0.25) is 0 Å². The smallest absolute Gasteiger partial charge is 0.306 e. The zero-order valence-corrected chi connectivity index (χ0v) is 40.2. The van der Waals surface area contributed by atoms with Gasteiger partial charge in [0.15, 0.2) is 6.10 Å². The van der Waals surface area contributed by atoms with Gasteiger partial charge in [-0.2, -0.15) is 0 Å². The third-order valence-electron chi connectivity index (χ3n) is 11.0. The van der Waals surface area contributed by atoms with Crippen LogP contribution in [0.15, 0.2) is 60.8 Å². The largest absolute Gasteiger partial charge is 0.462 e. The van der Waals surface area contributed by atoms with Crippen LogP contribution in [-0.2, 0) is 28.6 Å². The molecule has 0 fully saturated rings. The zero-order chi connectivity index (χ0) is 44.4. The second-order valence-electron chi connectivity index (χ2n) is 17.1. The van der Waals surface area contributed by atoms with Gasteiger partial charge < -0.3 is 14.2 Å². The fourth-order valence-corrected chi connectivity index (χ4v) is 7.13. The monoisotopic (exact) mass is 853 g/mol. The minimum Gasteiger partial charge on any atom is -0.462 e. The van der Waals surface area contributed by atoms with E-state index in [0.29, 0.717) is 19.3 Å². The third kappa shape index (κ3) is 48.0. The molecule has 0 aliphatic rings. The van der Waals surface area contributed by atoms with E-state index in [2.05, 4.69) is 81.5 Å². The van der Waals surface area contributed by atoms with Crippen LogP contribution in [-0.4, -0.2) is 37.2 Å². The van der Waals surface area contributed by atoms with Crippen LogP contribution in [0.5, 0.6) is 0 Å². The number of carbonyl (C=O) groups excluding carboxylic acids is 3. The highest BCUT2D eigenvalue weighted by Gasteiger charge is 2.19. The van der Waals surface area contributed by atoms with Crippen molar-refractivity contribution in [1.82, 2.24) is 0 Å². The molecule has 0 N–H and O–H groups in total. The van der Waals surface area contributed by atoms with Crippen LogP contribution in [0.1, 0.15) is 252 Å². The topological polar surface area (TPSA) is 78.9 Å². The molecule has 0 saturated heterocycles. The quantitative estimate of drug-likeness (QED) is 0.0263. The molecule has 0 rings (SSSR count). The van der Waals surface area contributed by atoms with E-state index in [1.54, 1.807) is 0 Å². The average Bonchev–Trinajstić information content (AvgIpc) is 3.26. The maximum atomic E-state index is 12.7. The van der Waals surface area contributed by atoms with Crippen molar-refractivity contribution in [3.05, 3.63) is 60.8 Å². The number of carbonyl (C=O) groups is 3. The number of hydrogen-bond acceptors (Lipinski definition) is 6. The summed E-state index contributed by atoms with van der Waals surface area (Å²) in [5.41, 5.74) is 0. The van der Waals surface area contributed by atoms with Crippen LogP contribution in [0.3, 0.4) is 0 Å². The number of ether oxygens (including phenoxy) is 3. The second kappa shape index (κ2) is 49.8. The molecule has 0 spiro atoms. The summed E-state index contributed by atoms with van der Waals surface area (Å²) in [6, 6.07) is 0. The predicted molar refractivity (Wildman–Crippen MR) is 261 cm³/mol. The molecule has 0 aliphatic heterocycles. The Morgan fingerprint density at radius 3 is 1.03 bits per heavy atom. The van der Waals surface area contributed by atoms with Crippen LogP contribution in [0, 0.1) is 0 Å². The summed E-state index contributed by atoms with van der Waals surface area (Å²) in [5.74, 6) is -0.899. The SMILES string of the molecule is CC/C=C\C/C=C\C/C=C\C/C=C\CCCCCCCCCCCCCCC(=O)OCC(COC(=O)CCCCCCC)OC(=O)CCCCCCC/C=C\CCCCCC. The van der Waals surface area contributed by atoms with E-state index >= 15 is 0 Å². The van der Waals surface area contributed by atoms with E-state index < -0.39 is 6.10 Å². The highest BCUT2D eigenvalue weighted by atomic mass is 16.6. The summed E-state index contributed by atoms with van der Waals surface area (Å²) in [7, 11) is 0. The molecule has 0 aromatic carbocycles. The van der Waals surface area contributed by atoms with Crippen molar-refractivity contribution in [2.24, 2.45) is 0 Å². The predicted octanol–water partition coefficient (Wildman–Crippen LogP) is 16.9. The molecule has 352 valence electrons. The highest BCUT2D eigenvalue weighted by molar-refractivity contribution is 5.71. The molecule has 6 heteroatoms. The Kier molecular flexibility index (Phi) is 47.4. The normalized spacial score (nSPS) is 12.5. The van der Waals surface area contributed by atoms with Crippen LogP contribution in [0.2, 0.25) is 0 Å². The number of rotatable bonds is 46. The second-order valence-corrected chi connectivity index (χ2v) is 17.1. The van der Waals surface area contributed by atoms with Crippen molar-refractivity contribution in [2.45, 2.75) is 258 Å². The summed E-state index contributed by atoms with van der Waals surface area (Å²) in [5, 5.41) is 0. The standard InChI is InChI=1S/C55H96O6/c1-4-7-10-13-15-17-19-21-22-23-24-25-26-27-28-29-30-31-32-34-35-37-39-42-45-48-54(57)60-51-52(50-59-53(56)47-44-41-12-9-6-3)61-55(58)49-46-43-40-38-36-33-20-18-16-14-11-8-5-2/h7,10,15,17-18,20-22,24-25,52H,4-6,8-9,11-14,16,19,23,26-51H2,1-3H3/b10-7-,17-15-,20-18-,22-21-,25-24-. The molecule has 0 saturated carbocycles. The lowest BCUT2D eigenvalue weighted by Crippen LogP contribution is -2.30. The van der Waals surface area contributed by atoms with E-state index in [4.69, 9.17) is 14.2 Å². The number of hydrogen-bond donors (Lipinski definition) is 0. The molecule has 61 heavy (non-hydrogen) atoms. The summed E-state index contributed by atoms with van der Waals surface area (Å²) in [6.07, 6.45) is 61.1. The summed E-state index contributed by atoms with van der Waals surface area (Å²) < 4.78 is 16.6. The Morgan fingerprint density at radius 1 is 0.344 bits per heavy atom. The summed E-state index contributed by atoms with van der Waals surface area (Å²) >= 11 is 0. The van der Waals surface area contributed by atoms with Crippen molar-refractivity contribution in [3.63, 3.8) is 0 Å². The summed E-state index contributed by atoms with van der Waals surface area (Å²) in [4.78, 5) is 37.6. The lowest BCUT2D eigenvalue weighted by molar-refractivity contribution is -0.167. The highest BCUT2D eigenvalue weighted by Crippen LogP contribution is 2.15. The zero-order valence-electron chi connectivity index (χ0n) is 40.2. The van der Waals surface area contributed by atoms with Crippen molar-refractivity contribution in [3.8, 4) is 0 Å². The minimum absolute atomic E-state index is 0.0776. The lowest BCUT2D eigenvalue weighted by atomic mass is 10.0. The Balaban J connectivity index is 4.07. The Bertz CT molecular complexity index is 1120. The molecule has 6 nitrogen and oxygen atoms in total. The van der Waals surface area contributed by atoms with Gasteiger partial charge in [0.25, 0.3) is 0 Å². The molecule has 0 radical (unpaired) electrons. The van der Waals surface area contributed by atoms with Gasteiger partial charge >= 0.3 is 17.9 Å². The van der Waals surface area contributed by atoms with Gasteiger partial charge in [-0.05, 0) is 83.5 Å². The first-order valence-electron chi connectivity index (χ1n) is 25.8. The van der Waals surface area contributed by atoms with E-state index in [-0.39, 0.29) is 31.1 Å². The first-order chi connectivity index (χ1) is 30.0. The molecule has 0 heterocycles. The van der Waals surface area contributed by atoms with Gasteiger partial charge in [-0.25, -0.2) is 0 Å². The fourth-order valence-electron chi connectivity index (χ4n) is 7.13. The minimum atomic E-state index is -0.773. The molecule has 0 bridgehead atoms. The van der Waals surface area contributed by atoms with Crippen LogP contribution < -0.4 is 0 Å². The maximum Gasteiger partial charge on any atom is 0.306 e. The van der Waals surface area contributed by atoms with Crippen molar-refractivity contribution in [2.75, 3.05) is 13.2 Å². The molecule has 1 atom stereocenters. The molecular weight excluding hydrogens is 757 g/mol. The van der Waals surface area contributed by atoms with E-state index in [9.17, 15) is 14.4 Å². The first-order valence-corrected chi connectivity index (χ1v) is 25.8. The molecule has 1 unspecified atom stereocenters. The van der Waals surface area contributed by atoms with Gasteiger partial charge in [0.05, 0.1) is 0 Å². The fraction of sp³-hybridized carbons (Fsp3) is 0.764. The molecule has 0 aliphatic carbocycles. The van der Waals surface area contributed by atoms with Crippen molar-refractivity contribution >= 4 is 17.9 Å². The van der Waals surface area contributed by atoms with Gasteiger partial charge in [0.1, 0.15) is 13.2 Å². The van der Waals surface area contributed by atoms with Crippen LogP contribution in [0.4, 0.5) is 0 Å². The summed E-state index contributed by atoms with van der Waals surface area (Å²) in [6.45, 7) is 6.42. The molecular formula is C55H96O6. The third-order valence-corrected chi connectivity index (χ3v) is 11.0. The van der Waals surface area contributed by atoms with Gasteiger partial charge in [-0.1, -0.05) is 210 Å². The maximum absolute atomic E-state index is 12.7. The van der Waals surface area contributed by atoms with E-state index in [1.807, 2.05) is 0 Å². The Morgan fingerprint density at radius 2 is 0.639 bits per heavy atom. The number of allylic oxidation sites excluding steroid dienone is 10. The van der Waals surface area contributed by atoms with Gasteiger partial charge in [0, 0.05) is 19.3 Å². The van der Waals surface area contributed by atoms with Crippen LogP contribution in [0.25, 0.3) is 0 Å². The number of esters is 3. The Labute approximate surface area is 377 Å². The number of unbranched alkanes of at least 4 members (excludes halogenated alkanes) is 25. The first kappa shape index (κ1) is 58.1. The lowest BCUT2D eigenvalue weighted by Gasteiger charge is -2.18. The molecule has 0 aromatic rings. The average molecular weight is 853 g/mol. The van der Waals surface area contributed by atoms with Crippen LogP contribution >= 0.6 is 0 Å². The van der Waals surface area contributed by atoms with Gasteiger partial charge in [-0.3, -0.25) is 14.4 Å². The van der Waals surface area contributed by atoms with Gasteiger partial charge in [-0.15, -0.1) is 0 Å². The van der Waals surface area contributed by atoms with Crippen molar-refractivity contribution < 1.29 is 28.6 Å². The van der Waals surface area contributed by atoms with Crippen molar-refractivity contribution in [1.29, 1.82) is 0 Å². The van der Waals surface area contributed by atoms with E-state index in [0.717, 1.165) is 103 Å². The molecule has 0 amide bonds.